The summed E-state index contributed by atoms with van der Waals surface area (Å²) < 4.78 is 18.5. The van der Waals surface area contributed by atoms with Gasteiger partial charge in [0.15, 0.2) is 0 Å². The van der Waals surface area contributed by atoms with E-state index in [9.17, 15) is 9.90 Å². The molecule has 6 nitrogen and oxygen atoms in total. The Hall–Kier alpha value is -4.33. The quantitative estimate of drug-likeness (QED) is 0.223. The SMILES string of the molecule is CC1(C)OB(C(=Cc2ccc(-c3ccc(O)cc3)cc2)CNC(=O)OCC2c3ccccc3-c3ccccc32)OC1(C)C. The fraction of sp³-hybridized carbons (Fsp3) is 0.250. The molecule has 0 spiro atoms. The van der Waals surface area contributed by atoms with E-state index in [-0.39, 0.29) is 24.8 Å². The monoisotopic (exact) mass is 573 g/mol. The Kier molecular flexibility index (Phi) is 7.63. The number of carbonyl (C=O) groups excluding carboxylic acids is 1. The van der Waals surface area contributed by atoms with E-state index in [1.807, 2.05) is 94.4 Å². The van der Waals surface area contributed by atoms with Gasteiger partial charge in [-0.15, -0.1) is 0 Å². The van der Waals surface area contributed by atoms with E-state index in [1.54, 1.807) is 12.1 Å². The zero-order chi connectivity index (χ0) is 30.2. The molecule has 0 bridgehead atoms. The molecule has 1 aliphatic heterocycles. The molecular weight excluding hydrogens is 537 g/mol. The molecule has 2 N–H and O–H groups in total. The summed E-state index contributed by atoms with van der Waals surface area (Å²) in [6, 6.07) is 31.8. The van der Waals surface area contributed by atoms with Crippen LogP contribution in [-0.4, -0.2) is 42.7 Å². The number of hydrogen-bond acceptors (Lipinski definition) is 5. The van der Waals surface area contributed by atoms with Crippen molar-refractivity contribution in [3.05, 3.63) is 119 Å². The van der Waals surface area contributed by atoms with Crippen LogP contribution in [0.5, 0.6) is 5.75 Å². The van der Waals surface area contributed by atoms with E-state index >= 15 is 0 Å². The predicted octanol–water partition coefficient (Wildman–Crippen LogP) is 7.61. The van der Waals surface area contributed by atoms with Crippen molar-refractivity contribution >= 4 is 19.3 Å². The zero-order valence-electron chi connectivity index (χ0n) is 25.0. The average molecular weight is 573 g/mol. The van der Waals surface area contributed by atoms with Gasteiger partial charge in [-0.25, -0.2) is 4.79 Å². The lowest BCUT2D eigenvalue weighted by Gasteiger charge is -2.32. The molecule has 1 saturated heterocycles. The highest BCUT2D eigenvalue weighted by atomic mass is 16.7. The van der Waals surface area contributed by atoms with Crippen molar-refractivity contribution in [1.29, 1.82) is 0 Å². The van der Waals surface area contributed by atoms with Gasteiger partial charge in [-0.2, -0.15) is 0 Å². The standard InChI is InChI=1S/C36H36BNO5/c1-35(2)36(3,4)43-37(42-35)27(21-24-13-15-25(16-14-24)26-17-19-28(39)20-18-26)22-38-34(40)41-23-33-31-11-7-5-9-29(31)30-10-6-8-12-32(30)33/h5-21,33,39H,22-23H2,1-4H3,(H,38,40). The molecule has 7 heteroatoms. The van der Waals surface area contributed by atoms with Gasteiger partial charge in [-0.1, -0.05) is 91.0 Å². The minimum atomic E-state index is -0.629. The maximum absolute atomic E-state index is 13.0. The van der Waals surface area contributed by atoms with Crippen molar-refractivity contribution in [3.63, 3.8) is 0 Å². The lowest BCUT2D eigenvalue weighted by atomic mass is 9.77. The number of nitrogens with one attached hydrogen (secondary N) is 1. The summed E-state index contributed by atoms with van der Waals surface area (Å²) >= 11 is 0. The summed E-state index contributed by atoms with van der Waals surface area (Å²) in [6.07, 6.45) is 1.50. The number of phenolic OH excluding ortho intramolecular Hbond substituents is 1. The first-order chi connectivity index (χ1) is 20.6. The van der Waals surface area contributed by atoms with E-state index in [4.69, 9.17) is 14.0 Å². The van der Waals surface area contributed by atoms with Crippen LogP contribution in [0.1, 0.15) is 50.3 Å². The van der Waals surface area contributed by atoms with Crippen LogP contribution >= 0.6 is 0 Å². The zero-order valence-corrected chi connectivity index (χ0v) is 25.0. The molecule has 43 heavy (non-hydrogen) atoms. The van der Waals surface area contributed by atoms with Crippen LogP contribution in [0.25, 0.3) is 28.3 Å². The topological polar surface area (TPSA) is 77.0 Å². The summed E-state index contributed by atoms with van der Waals surface area (Å²) in [5, 5.41) is 12.5. The number of fused-ring (bicyclic) bond motifs is 3. The maximum Gasteiger partial charge on any atom is 0.492 e. The first-order valence-corrected chi connectivity index (χ1v) is 14.7. The molecule has 0 saturated carbocycles. The van der Waals surface area contributed by atoms with Crippen molar-refractivity contribution in [1.82, 2.24) is 5.32 Å². The molecule has 0 unspecified atom stereocenters. The second-order valence-electron chi connectivity index (χ2n) is 12.2. The molecule has 1 fully saturated rings. The van der Waals surface area contributed by atoms with Crippen molar-refractivity contribution in [2.75, 3.05) is 13.2 Å². The first kappa shape index (κ1) is 28.8. The largest absolute Gasteiger partial charge is 0.508 e. The third-order valence-electron chi connectivity index (χ3n) is 8.80. The minimum Gasteiger partial charge on any atom is -0.508 e. The Balaban J connectivity index is 1.17. The number of alkyl carbamates (subject to hydrolysis) is 1. The molecule has 4 aromatic carbocycles. The number of aromatic hydroxyl groups is 1. The second-order valence-corrected chi connectivity index (χ2v) is 12.2. The molecule has 1 aliphatic carbocycles. The van der Waals surface area contributed by atoms with Crippen molar-refractivity contribution in [2.45, 2.75) is 44.8 Å². The summed E-state index contributed by atoms with van der Waals surface area (Å²) in [7, 11) is -0.629. The number of rotatable bonds is 7. The molecule has 6 rings (SSSR count). The fourth-order valence-electron chi connectivity index (χ4n) is 5.66. The number of amides is 1. The summed E-state index contributed by atoms with van der Waals surface area (Å²) in [5.41, 5.74) is 7.44. The first-order valence-electron chi connectivity index (χ1n) is 14.7. The highest BCUT2D eigenvalue weighted by molar-refractivity contribution is 6.56. The number of ether oxygens (including phenoxy) is 1. The third-order valence-corrected chi connectivity index (χ3v) is 8.80. The van der Waals surface area contributed by atoms with Crippen LogP contribution < -0.4 is 5.32 Å². The van der Waals surface area contributed by atoms with E-state index in [0.29, 0.717) is 0 Å². The molecule has 0 radical (unpaired) electrons. The Labute approximate surface area is 253 Å². The number of phenols is 1. The third kappa shape index (κ3) is 5.83. The molecule has 4 aromatic rings. The van der Waals surface area contributed by atoms with Gasteiger partial charge in [0.2, 0.25) is 0 Å². The molecule has 2 aliphatic rings. The van der Waals surface area contributed by atoms with Crippen LogP contribution in [0.2, 0.25) is 0 Å². The van der Waals surface area contributed by atoms with E-state index < -0.39 is 24.4 Å². The highest BCUT2D eigenvalue weighted by Gasteiger charge is 2.52. The van der Waals surface area contributed by atoms with Gasteiger partial charge in [0.25, 0.3) is 0 Å². The highest BCUT2D eigenvalue weighted by Crippen LogP contribution is 2.44. The average Bonchev–Trinajstić information content (AvgIpc) is 3.43. The van der Waals surface area contributed by atoms with Gasteiger partial charge >= 0.3 is 13.2 Å². The van der Waals surface area contributed by atoms with Crippen LogP contribution in [0, 0.1) is 0 Å². The smallest absolute Gasteiger partial charge is 0.492 e. The summed E-state index contributed by atoms with van der Waals surface area (Å²) in [5.74, 6) is 0.225. The van der Waals surface area contributed by atoms with Gasteiger partial charge in [0.05, 0.1) is 11.2 Å². The van der Waals surface area contributed by atoms with Gasteiger partial charge in [-0.05, 0) is 84.2 Å². The van der Waals surface area contributed by atoms with Crippen LogP contribution in [-0.2, 0) is 14.0 Å². The fourth-order valence-corrected chi connectivity index (χ4v) is 5.66. The Morgan fingerprint density at radius 3 is 1.88 bits per heavy atom. The molecule has 218 valence electrons. The van der Waals surface area contributed by atoms with Crippen LogP contribution in [0.3, 0.4) is 0 Å². The predicted molar refractivity (Wildman–Crippen MR) is 171 cm³/mol. The number of hydrogen-bond donors (Lipinski definition) is 2. The summed E-state index contributed by atoms with van der Waals surface area (Å²) in [4.78, 5) is 13.0. The second kappa shape index (κ2) is 11.4. The van der Waals surface area contributed by atoms with Gasteiger partial charge in [-0.3, -0.25) is 0 Å². The number of carbonyl (C=O) groups is 1. The molecular formula is C36H36BNO5. The van der Waals surface area contributed by atoms with Crippen LogP contribution in [0.15, 0.2) is 103 Å². The van der Waals surface area contributed by atoms with Gasteiger partial charge < -0.3 is 24.5 Å². The van der Waals surface area contributed by atoms with E-state index in [1.165, 1.54) is 22.3 Å². The van der Waals surface area contributed by atoms with E-state index in [0.717, 1.165) is 22.2 Å². The minimum absolute atomic E-state index is 0.0108. The maximum atomic E-state index is 13.0. The summed E-state index contributed by atoms with van der Waals surface area (Å²) in [6.45, 7) is 8.49. The van der Waals surface area contributed by atoms with Crippen LogP contribution in [0.4, 0.5) is 4.79 Å². The van der Waals surface area contributed by atoms with Crippen molar-refractivity contribution in [2.24, 2.45) is 0 Å². The molecule has 1 amide bonds. The Morgan fingerprint density at radius 2 is 1.33 bits per heavy atom. The van der Waals surface area contributed by atoms with Crippen molar-refractivity contribution in [3.8, 4) is 28.0 Å². The molecule has 0 aromatic heterocycles. The molecule has 0 atom stereocenters. The Bertz CT molecular complexity index is 1600. The Morgan fingerprint density at radius 1 is 0.814 bits per heavy atom. The van der Waals surface area contributed by atoms with E-state index in [2.05, 4.69) is 29.6 Å². The van der Waals surface area contributed by atoms with Gasteiger partial charge in [0, 0.05) is 12.5 Å². The van der Waals surface area contributed by atoms with Gasteiger partial charge in [0.1, 0.15) is 12.4 Å². The number of benzene rings is 4. The molecule has 1 heterocycles. The normalized spacial score (nSPS) is 16.9. The van der Waals surface area contributed by atoms with Crippen molar-refractivity contribution < 1.29 is 23.9 Å². The lowest BCUT2D eigenvalue weighted by molar-refractivity contribution is 0.00578. The lowest BCUT2D eigenvalue weighted by Crippen LogP contribution is -2.41.